The van der Waals surface area contributed by atoms with Crippen LogP contribution < -0.4 is 4.74 Å². The van der Waals surface area contributed by atoms with E-state index in [2.05, 4.69) is 5.18 Å². The van der Waals surface area contributed by atoms with Gasteiger partial charge in [0.2, 0.25) is 0 Å². The third kappa shape index (κ3) is 1.52. The van der Waals surface area contributed by atoms with Gasteiger partial charge in [-0.25, -0.2) is 4.39 Å². The van der Waals surface area contributed by atoms with Crippen molar-refractivity contribution in [2.75, 3.05) is 7.11 Å². The van der Waals surface area contributed by atoms with Gasteiger partial charge in [-0.05, 0) is 17.3 Å². The standard InChI is InChI=1S/C7H6FNO2/c1-11-5-2-3-6(8)7(4-5)9-10/h2-4H,1H3. The molecule has 0 radical (unpaired) electrons. The van der Waals surface area contributed by atoms with E-state index in [1.807, 2.05) is 0 Å². The van der Waals surface area contributed by atoms with Gasteiger partial charge < -0.3 is 4.74 Å². The first kappa shape index (κ1) is 7.65. The summed E-state index contributed by atoms with van der Waals surface area (Å²) in [6.45, 7) is 0. The zero-order valence-electron chi connectivity index (χ0n) is 5.87. The van der Waals surface area contributed by atoms with Gasteiger partial charge in [-0.1, -0.05) is 0 Å². The predicted octanol–water partition coefficient (Wildman–Crippen LogP) is 2.23. The lowest BCUT2D eigenvalue weighted by Gasteiger charge is -1.98. The van der Waals surface area contributed by atoms with Crippen LogP contribution in [0.25, 0.3) is 0 Å². The van der Waals surface area contributed by atoms with Crippen LogP contribution in [0.15, 0.2) is 23.4 Å². The molecule has 3 nitrogen and oxygen atoms in total. The minimum absolute atomic E-state index is 0.232. The Bertz CT molecular complexity index is 275. The Labute approximate surface area is 62.8 Å². The highest BCUT2D eigenvalue weighted by Gasteiger charge is 2.02. The van der Waals surface area contributed by atoms with Crippen LogP contribution in [0.5, 0.6) is 5.75 Å². The van der Waals surface area contributed by atoms with Crippen LogP contribution in [0.4, 0.5) is 10.1 Å². The maximum Gasteiger partial charge on any atom is 0.152 e. The maximum atomic E-state index is 12.6. The molecule has 0 aliphatic heterocycles. The summed E-state index contributed by atoms with van der Waals surface area (Å²) in [4.78, 5) is 9.95. The molecule has 0 atom stereocenters. The number of nitrogens with zero attached hydrogens (tertiary/aromatic N) is 1. The number of methoxy groups -OCH3 is 1. The first-order valence-corrected chi connectivity index (χ1v) is 2.95. The SMILES string of the molecule is COc1ccc(F)c(N=O)c1. The van der Waals surface area contributed by atoms with Gasteiger partial charge in [-0.3, -0.25) is 0 Å². The van der Waals surface area contributed by atoms with Crippen LogP contribution in [0.3, 0.4) is 0 Å². The van der Waals surface area contributed by atoms with E-state index in [-0.39, 0.29) is 5.69 Å². The molecule has 0 aromatic heterocycles. The van der Waals surface area contributed by atoms with Gasteiger partial charge in [-0.2, -0.15) is 0 Å². The van der Waals surface area contributed by atoms with Crippen molar-refractivity contribution < 1.29 is 9.13 Å². The molecule has 0 unspecified atom stereocenters. The van der Waals surface area contributed by atoms with Gasteiger partial charge >= 0.3 is 0 Å². The molecule has 1 rings (SSSR count). The second-order valence-corrected chi connectivity index (χ2v) is 1.91. The lowest BCUT2D eigenvalue weighted by molar-refractivity contribution is 0.414. The van der Waals surface area contributed by atoms with E-state index >= 15 is 0 Å². The highest BCUT2D eigenvalue weighted by atomic mass is 19.1. The van der Waals surface area contributed by atoms with Crippen LogP contribution in [-0.2, 0) is 0 Å². The van der Waals surface area contributed by atoms with Crippen molar-refractivity contribution in [3.05, 3.63) is 28.9 Å². The fourth-order valence-electron chi connectivity index (χ4n) is 0.689. The molecule has 0 fully saturated rings. The summed E-state index contributed by atoms with van der Waals surface area (Å²) >= 11 is 0. The monoisotopic (exact) mass is 155 g/mol. The number of halogens is 1. The number of ether oxygens (including phenoxy) is 1. The first-order chi connectivity index (χ1) is 5.27. The predicted molar refractivity (Wildman–Crippen MR) is 38.4 cm³/mol. The molecule has 0 N–H and O–H groups in total. The van der Waals surface area contributed by atoms with Gasteiger partial charge in [0.1, 0.15) is 11.4 Å². The lowest BCUT2D eigenvalue weighted by Crippen LogP contribution is -1.82. The molecule has 1 aromatic carbocycles. The van der Waals surface area contributed by atoms with Crippen molar-refractivity contribution in [2.24, 2.45) is 5.18 Å². The Morgan fingerprint density at radius 1 is 1.55 bits per heavy atom. The number of hydrogen-bond acceptors (Lipinski definition) is 3. The largest absolute Gasteiger partial charge is 0.497 e. The lowest BCUT2D eigenvalue weighted by atomic mass is 10.3. The Balaban J connectivity index is 3.12. The van der Waals surface area contributed by atoms with Gasteiger partial charge in [0.05, 0.1) is 7.11 Å². The summed E-state index contributed by atoms with van der Waals surface area (Å²) < 4.78 is 17.3. The van der Waals surface area contributed by atoms with Gasteiger partial charge in [0, 0.05) is 6.07 Å². The van der Waals surface area contributed by atoms with Crippen LogP contribution in [0.1, 0.15) is 0 Å². The van der Waals surface area contributed by atoms with E-state index in [4.69, 9.17) is 4.74 Å². The van der Waals surface area contributed by atoms with E-state index in [1.54, 1.807) is 0 Å². The summed E-state index contributed by atoms with van der Waals surface area (Å²) in [5.74, 6) is -0.221. The summed E-state index contributed by atoms with van der Waals surface area (Å²) in [6, 6.07) is 3.79. The molecule has 58 valence electrons. The zero-order chi connectivity index (χ0) is 8.27. The maximum absolute atomic E-state index is 12.6. The van der Waals surface area contributed by atoms with E-state index in [9.17, 15) is 9.30 Å². The molecule has 0 spiro atoms. The molecule has 0 aliphatic carbocycles. The van der Waals surface area contributed by atoms with E-state index in [0.717, 1.165) is 6.07 Å². The summed E-state index contributed by atoms with van der Waals surface area (Å²) in [6.07, 6.45) is 0. The Morgan fingerprint density at radius 3 is 2.82 bits per heavy atom. The molecule has 1 aromatic rings. The molecule has 0 bridgehead atoms. The summed E-state index contributed by atoms with van der Waals surface area (Å²) in [5.41, 5.74) is -0.232. The van der Waals surface area contributed by atoms with Crippen LogP contribution >= 0.6 is 0 Å². The molecule has 0 heterocycles. The van der Waals surface area contributed by atoms with Crippen molar-refractivity contribution in [2.45, 2.75) is 0 Å². The number of benzene rings is 1. The highest BCUT2D eigenvalue weighted by molar-refractivity contribution is 5.44. The highest BCUT2D eigenvalue weighted by Crippen LogP contribution is 2.22. The first-order valence-electron chi connectivity index (χ1n) is 2.95. The van der Waals surface area contributed by atoms with Crippen molar-refractivity contribution >= 4 is 5.69 Å². The minimum Gasteiger partial charge on any atom is -0.497 e. The topological polar surface area (TPSA) is 38.7 Å². The van der Waals surface area contributed by atoms with E-state index < -0.39 is 5.82 Å². The van der Waals surface area contributed by atoms with Crippen molar-refractivity contribution in [3.63, 3.8) is 0 Å². The third-order valence-electron chi connectivity index (χ3n) is 1.25. The second-order valence-electron chi connectivity index (χ2n) is 1.91. The smallest absolute Gasteiger partial charge is 0.152 e. The number of rotatable bonds is 2. The summed E-state index contributed by atoms with van der Waals surface area (Å²) in [7, 11) is 1.43. The third-order valence-corrected chi connectivity index (χ3v) is 1.25. The average molecular weight is 155 g/mol. The minimum atomic E-state index is -0.638. The van der Waals surface area contributed by atoms with Crippen LogP contribution in [-0.4, -0.2) is 7.11 Å². The quantitative estimate of drug-likeness (QED) is 0.614. The molecule has 4 heteroatoms. The van der Waals surface area contributed by atoms with Gasteiger partial charge in [0.15, 0.2) is 5.82 Å². The molecule has 0 aliphatic rings. The van der Waals surface area contributed by atoms with E-state index in [1.165, 1.54) is 19.2 Å². The fourth-order valence-corrected chi connectivity index (χ4v) is 0.689. The molecular weight excluding hydrogens is 149 g/mol. The van der Waals surface area contributed by atoms with Gasteiger partial charge in [-0.15, -0.1) is 4.91 Å². The van der Waals surface area contributed by atoms with Crippen molar-refractivity contribution in [1.29, 1.82) is 0 Å². The normalized spacial score (nSPS) is 9.27. The van der Waals surface area contributed by atoms with E-state index in [0.29, 0.717) is 5.75 Å². The Hall–Kier alpha value is -1.45. The second kappa shape index (κ2) is 3.09. The molecule has 0 amide bonds. The molecular formula is C7H6FNO2. The molecule has 0 saturated heterocycles. The number of hydrogen-bond donors (Lipinski definition) is 0. The van der Waals surface area contributed by atoms with Gasteiger partial charge in [0.25, 0.3) is 0 Å². The average Bonchev–Trinajstić information content (AvgIpc) is 2.05. The fraction of sp³-hybridized carbons (Fsp3) is 0.143. The zero-order valence-corrected chi connectivity index (χ0v) is 5.87. The van der Waals surface area contributed by atoms with Crippen molar-refractivity contribution in [1.82, 2.24) is 0 Å². The molecule has 11 heavy (non-hydrogen) atoms. The van der Waals surface area contributed by atoms with Crippen LogP contribution in [0.2, 0.25) is 0 Å². The number of nitroso groups, excluding NO2 is 1. The Kier molecular flexibility index (Phi) is 2.15. The van der Waals surface area contributed by atoms with Crippen molar-refractivity contribution in [3.8, 4) is 5.75 Å². The van der Waals surface area contributed by atoms with Crippen LogP contribution in [0, 0.1) is 10.7 Å². The summed E-state index contributed by atoms with van der Waals surface area (Å²) in [5, 5.41) is 2.47. The Morgan fingerprint density at radius 2 is 2.27 bits per heavy atom. The molecule has 0 saturated carbocycles.